The molecule has 1 aliphatic rings. The minimum atomic E-state index is 0.194. The van der Waals surface area contributed by atoms with Gasteiger partial charge in [-0.3, -0.25) is 4.79 Å². The standard InChI is InChI=1S/C18H28N2O/c1-14-7-9-16(10-8-14)18(21)20(12-4-11-19)17-6-3-5-15(2)13-17/h3,5-6,13-14,16H,4,7-12,19H2,1-2H3. The molecule has 2 rings (SSSR count). The number of carbonyl (C=O) groups excluding carboxylic acids is 1. The summed E-state index contributed by atoms with van der Waals surface area (Å²) in [7, 11) is 0. The molecule has 1 amide bonds. The smallest absolute Gasteiger partial charge is 0.230 e. The number of benzene rings is 1. The van der Waals surface area contributed by atoms with Crippen molar-refractivity contribution in [3.05, 3.63) is 29.8 Å². The summed E-state index contributed by atoms with van der Waals surface area (Å²) in [5, 5.41) is 0. The number of hydrogen-bond donors (Lipinski definition) is 1. The van der Waals surface area contributed by atoms with E-state index in [1.54, 1.807) is 0 Å². The van der Waals surface area contributed by atoms with Crippen LogP contribution in [0, 0.1) is 18.8 Å². The van der Waals surface area contributed by atoms with Gasteiger partial charge >= 0.3 is 0 Å². The lowest BCUT2D eigenvalue weighted by Crippen LogP contribution is -2.39. The van der Waals surface area contributed by atoms with Gasteiger partial charge in [-0.15, -0.1) is 0 Å². The predicted molar refractivity (Wildman–Crippen MR) is 88.3 cm³/mol. The van der Waals surface area contributed by atoms with Crippen LogP contribution in [0.2, 0.25) is 0 Å². The maximum absolute atomic E-state index is 12.9. The first-order chi connectivity index (χ1) is 10.1. The molecule has 1 aromatic carbocycles. The first-order valence-corrected chi connectivity index (χ1v) is 8.20. The van der Waals surface area contributed by atoms with E-state index in [9.17, 15) is 4.79 Å². The highest BCUT2D eigenvalue weighted by molar-refractivity contribution is 5.95. The molecule has 1 fully saturated rings. The Labute approximate surface area is 128 Å². The minimum absolute atomic E-state index is 0.194. The predicted octanol–water partition coefficient (Wildman–Crippen LogP) is 3.50. The van der Waals surface area contributed by atoms with Crippen LogP contribution < -0.4 is 10.6 Å². The second kappa shape index (κ2) is 7.60. The van der Waals surface area contributed by atoms with E-state index in [2.05, 4.69) is 26.0 Å². The SMILES string of the molecule is Cc1cccc(N(CCCN)C(=O)C2CCC(C)CC2)c1. The number of rotatable bonds is 5. The van der Waals surface area contributed by atoms with Crippen molar-refractivity contribution in [1.29, 1.82) is 0 Å². The summed E-state index contributed by atoms with van der Waals surface area (Å²) in [6.07, 6.45) is 5.27. The van der Waals surface area contributed by atoms with Crippen LogP contribution in [0.1, 0.15) is 44.6 Å². The Bertz CT molecular complexity index is 464. The van der Waals surface area contributed by atoms with Crippen molar-refractivity contribution >= 4 is 11.6 Å². The molecule has 0 heterocycles. The first-order valence-electron chi connectivity index (χ1n) is 8.20. The molecule has 0 bridgehead atoms. The summed E-state index contributed by atoms with van der Waals surface area (Å²) in [4.78, 5) is 14.9. The molecule has 0 aromatic heterocycles. The van der Waals surface area contributed by atoms with Crippen LogP contribution in [0.3, 0.4) is 0 Å². The molecule has 0 aliphatic heterocycles. The Kier molecular flexibility index (Phi) is 5.80. The highest BCUT2D eigenvalue weighted by Crippen LogP contribution is 2.31. The second-order valence-electron chi connectivity index (χ2n) is 6.43. The van der Waals surface area contributed by atoms with Gasteiger partial charge in [0, 0.05) is 18.2 Å². The molecule has 1 aromatic rings. The van der Waals surface area contributed by atoms with E-state index in [4.69, 9.17) is 5.73 Å². The van der Waals surface area contributed by atoms with Crippen molar-refractivity contribution in [1.82, 2.24) is 0 Å². The van der Waals surface area contributed by atoms with Crippen LogP contribution >= 0.6 is 0 Å². The summed E-state index contributed by atoms with van der Waals surface area (Å²) < 4.78 is 0. The van der Waals surface area contributed by atoms with Crippen molar-refractivity contribution in [2.45, 2.75) is 46.0 Å². The molecule has 1 aliphatic carbocycles. The van der Waals surface area contributed by atoms with E-state index >= 15 is 0 Å². The molecular weight excluding hydrogens is 260 g/mol. The lowest BCUT2D eigenvalue weighted by Gasteiger charge is -2.31. The minimum Gasteiger partial charge on any atom is -0.330 e. The summed E-state index contributed by atoms with van der Waals surface area (Å²) in [6.45, 7) is 5.70. The number of aryl methyl sites for hydroxylation is 1. The van der Waals surface area contributed by atoms with E-state index < -0.39 is 0 Å². The van der Waals surface area contributed by atoms with Gasteiger partial charge in [0.15, 0.2) is 0 Å². The quantitative estimate of drug-likeness (QED) is 0.901. The summed E-state index contributed by atoms with van der Waals surface area (Å²) in [5.41, 5.74) is 7.85. The number of hydrogen-bond acceptors (Lipinski definition) is 2. The van der Waals surface area contributed by atoms with E-state index in [1.807, 2.05) is 17.0 Å². The molecule has 0 radical (unpaired) electrons. The molecule has 2 N–H and O–H groups in total. The van der Waals surface area contributed by atoms with Crippen LogP contribution in [-0.2, 0) is 4.79 Å². The maximum Gasteiger partial charge on any atom is 0.230 e. The lowest BCUT2D eigenvalue weighted by atomic mass is 9.82. The molecule has 1 saturated carbocycles. The summed E-state index contributed by atoms with van der Waals surface area (Å²) in [5.74, 6) is 1.26. The molecule has 3 heteroatoms. The van der Waals surface area contributed by atoms with Gasteiger partial charge in [0.1, 0.15) is 0 Å². The third-order valence-electron chi connectivity index (χ3n) is 4.53. The molecular formula is C18H28N2O. The van der Waals surface area contributed by atoms with Crippen molar-refractivity contribution in [3.63, 3.8) is 0 Å². The fourth-order valence-corrected chi connectivity index (χ4v) is 3.14. The average molecular weight is 288 g/mol. The fourth-order valence-electron chi connectivity index (χ4n) is 3.14. The van der Waals surface area contributed by atoms with Crippen molar-refractivity contribution in [2.24, 2.45) is 17.6 Å². The largest absolute Gasteiger partial charge is 0.330 e. The summed E-state index contributed by atoms with van der Waals surface area (Å²) >= 11 is 0. The van der Waals surface area contributed by atoms with E-state index in [-0.39, 0.29) is 5.92 Å². The van der Waals surface area contributed by atoms with E-state index in [0.717, 1.165) is 37.4 Å². The Morgan fingerprint density at radius 2 is 2.00 bits per heavy atom. The van der Waals surface area contributed by atoms with Crippen molar-refractivity contribution < 1.29 is 4.79 Å². The van der Waals surface area contributed by atoms with Gasteiger partial charge in [-0.25, -0.2) is 0 Å². The molecule has 0 atom stereocenters. The highest BCUT2D eigenvalue weighted by Gasteiger charge is 2.28. The third kappa shape index (κ3) is 4.31. The molecule has 0 unspecified atom stereocenters. The first kappa shape index (κ1) is 16.0. The molecule has 116 valence electrons. The molecule has 3 nitrogen and oxygen atoms in total. The monoisotopic (exact) mass is 288 g/mol. The number of nitrogens with zero attached hydrogens (tertiary/aromatic N) is 1. The number of amides is 1. The molecule has 0 saturated heterocycles. The van der Waals surface area contributed by atoms with Gasteiger partial charge in [-0.1, -0.05) is 19.1 Å². The number of anilines is 1. The Hall–Kier alpha value is -1.35. The second-order valence-corrected chi connectivity index (χ2v) is 6.43. The van der Waals surface area contributed by atoms with Gasteiger partial charge in [-0.05, 0) is 69.2 Å². The maximum atomic E-state index is 12.9. The average Bonchev–Trinajstić information content (AvgIpc) is 2.48. The fraction of sp³-hybridized carbons (Fsp3) is 0.611. The van der Waals surface area contributed by atoms with Gasteiger partial charge in [0.2, 0.25) is 5.91 Å². The van der Waals surface area contributed by atoms with E-state index in [1.165, 1.54) is 18.4 Å². The zero-order valence-electron chi connectivity index (χ0n) is 13.3. The van der Waals surface area contributed by atoms with Crippen molar-refractivity contribution in [2.75, 3.05) is 18.0 Å². The zero-order valence-corrected chi connectivity index (χ0v) is 13.3. The Balaban J connectivity index is 2.13. The highest BCUT2D eigenvalue weighted by atomic mass is 16.2. The molecule has 0 spiro atoms. The third-order valence-corrected chi connectivity index (χ3v) is 4.53. The topological polar surface area (TPSA) is 46.3 Å². The number of carbonyl (C=O) groups is 1. The van der Waals surface area contributed by atoms with Gasteiger partial charge < -0.3 is 10.6 Å². The van der Waals surface area contributed by atoms with Gasteiger partial charge in [0.05, 0.1) is 0 Å². The Morgan fingerprint density at radius 3 is 2.62 bits per heavy atom. The van der Waals surface area contributed by atoms with Crippen molar-refractivity contribution in [3.8, 4) is 0 Å². The van der Waals surface area contributed by atoms with Crippen LogP contribution in [0.4, 0.5) is 5.69 Å². The van der Waals surface area contributed by atoms with Crippen LogP contribution in [0.5, 0.6) is 0 Å². The molecule has 21 heavy (non-hydrogen) atoms. The lowest BCUT2D eigenvalue weighted by molar-refractivity contribution is -0.123. The zero-order chi connectivity index (χ0) is 15.2. The normalized spacial score (nSPS) is 22.0. The Morgan fingerprint density at radius 1 is 1.29 bits per heavy atom. The van der Waals surface area contributed by atoms with Crippen LogP contribution in [-0.4, -0.2) is 19.0 Å². The van der Waals surface area contributed by atoms with E-state index in [0.29, 0.717) is 12.5 Å². The van der Waals surface area contributed by atoms with Gasteiger partial charge in [0.25, 0.3) is 0 Å². The summed E-state index contributed by atoms with van der Waals surface area (Å²) in [6, 6.07) is 8.22. The number of nitrogens with two attached hydrogens (primary N) is 1. The van der Waals surface area contributed by atoms with Gasteiger partial charge in [-0.2, -0.15) is 0 Å². The van der Waals surface area contributed by atoms with Crippen LogP contribution in [0.15, 0.2) is 24.3 Å². The van der Waals surface area contributed by atoms with Crippen LogP contribution in [0.25, 0.3) is 0 Å².